The van der Waals surface area contributed by atoms with E-state index < -0.39 is 0 Å². The van der Waals surface area contributed by atoms with Crippen LogP contribution in [0, 0.1) is 0 Å². The quantitative estimate of drug-likeness (QED) is 0.738. The number of hydrogen-bond donors (Lipinski definition) is 2. The molecular formula is C16H20Cl2N4O2. The predicted octanol–water partition coefficient (Wildman–Crippen LogP) is 2.96. The van der Waals surface area contributed by atoms with Gasteiger partial charge in [0.2, 0.25) is 0 Å². The molecule has 6 nitrogen and oxygen atoms in total. The first-order valence-corrected chi connectivity index (χ1v) is 7.10. The Morgan fingerprint density at radius 1 is 1.38 bits per heavy atom. The number of amides is 1. The van der Waals surface area contributed by atoms with Gasteiger partial charge in [0.15, 0.2) is 0 Å². The van der Waals surface area contributed by atoms with E-state index in [1.807, 2.05) is 42.8 Å². The molecule has 0 fully saturated rings. The molecule has 3 aromatic rings. The Kier molecular flexibility index (Phi) is 6.83. The van der Waals surface area contributed by atoms with E-state index in [2.05, 4.69) is 10.3 Å². The lowest BCUT2D eigenvalue weighted by atomic mass is 10.2. The normalized spacial score (nSPS) is 11.5. The largest absolute Gasteiger partial charge is 0.467 e. The Bertz CT molecular complexity index is 828. The van der Waals surface area contributed by atoms with E-state index in [1.54, 1.807) is 6.07 Å². The second kappa shape index (κ2) is 8.19. The van der Waals surface area contributed by atoms with Crippen molar-refractivity contribution in [2.45, 2.75) is 19.5 Å². The fraction of sp³-hybridized carbons (Fsp3) is 0.250. The highest BCUT2D eigenvalue weighted by molar-refractivity contribution is 5.94. The first kappa shape index (κ1) is 20.0. The zero-order valence-corrected chi connectivity index (χ0v) is 15.0. The van der Waals surface area contributed by atoms with Gasteiger partial charge in [-0.2, -0.15) is 0 Å². The molecule has 3 N–H and O–H groups in total. The van der Waals surface area contributed by atoms with Gasteiger partial charge in [0.25, 0.3) is 5.91 Å². The Hall–Kier alpha value is -2.02. The van der Waals surface area contributed by atoms with Crippen LogP contribution in [0.25, 0.3) is 11.0 Å². The highest BCUT2D eigenvalue weighted by atomic mass is 35.5. The van der Waals surface area contributed by atoms with Crippen LogP contribution in [0.5, 0.6) is 0 Å². The summed E-state index contributed by atoms with van der Waals surface area (Å²) in [6, 6.07) is 9.30. The maximum Gasteiger partial charge on any atom is 0.255 e. The molecule has 0 aliphatic carbocycles. The van der Waals surface area contributed by atoms with Crippen molar-refractivity contribution >= 4 is 41.8 Å². The van der Waals surface area contributed by atoms with Crippen LogP contribution in [0.1, 0.15) is 34.9 Å². The minimum absolute atomic E-state index is 0. The second-order valence-electron chi connectivity index (χ2n) is 5.22. The zero-order chi connectivity index (χ0) is 15.7. The van der Waals surface area contributed by atoms with Crippen molar-refractivity contribution < 1.29 is 9.21 Å². The van der Waals surface area contributed by atoms with Crippen LogP contribution in [0.15, 0.2) is 41.0 Å². The molecule has 3 rings (SSSR count). The molecule has 0 spiro atoms. The first-order chi connectivity index (χ1) is 10.6. The van der Waals surface area contributed by atoms with E-state index in [-0.39, 0.29) is 43.3 Å². The lowest BCUT2D eigenvalue weighted by Crippen LogP contribution is -2.28. The molecule has 1 unspecified atom stereocenters. The van der Waals surface area contributed by atoms with Crippen molar-refractivity contribution in [1.82, 2.24) is 14.9 Å². The molecule has 0 radical (unpaired) electrons. The lowest BCUT2D eigenvalue weighted by Gasteiger charge is -2.13. The maximum absolute atomic E-state index is 12.2. The molecule has 0 aliphatic heterocycles. The van der Waals surface area contributed by atoms with Gasteiger partial charge in [-0.15, -0.1) is 24.8 Å². The number of para-hydroxylation sites is 2. The number of hydrogen-bond acceptors (Lipinski definition) is 4. The maximum atomic E-state index is 12.2. The van der Waals surface area contributed by atoms with Crippen molar-refractivity contribution in [3.05, 3.63) is 53.7 Å². The van der Waals surface area contributed by atoms with E-state index in [9.17, 15) is 4.79 Å². The van der Waals surface area contributed by atoms with Crippen molar-refractivity contribution in [1.29, 1.82) is 0 Å². The Morgan fingerprint density at radius 3 is 2.71 bits per heavy atom. The van der Waals surface area contributed by atoms with E-state index in [0.717, 1.165) is 16.9 Å². The van der Waals surface area contributed by atoms with Crippen LogP contribution >= 0.6 is 24.8 Å². The van der Waals surface area contributed by atoms with Gasteiger partial charge in [-0.1, -0.05) is 12.1 Å². The molecule has 0 saturated carbocycles. The number of imidazole rings is 1. The third-order valence-corrected chi connectivity index (χ3v) is 3.67. The Balaban J connectivity index is 0.00000144. The summed E-state index contributed by atoms with van der Waals surface area (Å²) >= 11 is 0. The van der Waals surface area contributed by atoms with Crippen LogP contribution in [0.4, 0.5) is 0 Å². The lowest BCUT2D eigenvalue weighted by molar-refractivity contribution is 0.0937. The molecular weight excluding hydrogens is 351 g/mol. The van der Waals surface area contributed by atoms with E-state index in [1.165, 1.54) is 6.26 Å². The Labute approximate surface area is 152 Å². The molecule has 2 aromatic heterocycles. The summed E-state index contributed by atoms with van der Waals surface area (Å²) in [5.74, 6) is 1.18. The number of benzene rings is 1. The number of furan rings is 1. The van der Waals surface area contributed by atoms with Gasteiger partial charge in [-0.3, -0.25) is 4.79 Å². The van der Waals surface area contributed by atoms with Gasteiger partial charge in [-0.05, 0) is 25.1 Å². The summed E-state index contributed by atoms with van der Waals surface area (Å²) < 4.78 is 7.17. The van der Waals surface area contributed by atoms with Gasteiger partial charge in [0.1, 0.15) is 17.8 Å². The van der Waals surface area contributed by atoms with Crippen molar-refractivity contribution in [3.8, 4) is 0 Å². The number of nitrogens with two attached hydrogens (primary N) is 1. The van der Waals surface area contributed by atoms with Gasteiger partial charge < -0.3 is 20.0 Å². The first-order valence-electron chi connectivity index (χ1n) is 7.10. The highest BCUT2D eigenvalue weighted by Crippen LogP contribution is 2.19. The zero-order valence-electron chi connectivity index (χ0n) is 13.4. The summed E-state index contributed by atoms with van der Waals surface area (Å²) in [4.78, 5) is 16.8. The van der Waals surface area contributed by atoms with Crippen molar-refractivity contribution in [3.63, 3.8) is 0 Å². The van der Waals surface area contributed by atoms with Gasteiger partial charge >= 0.3 is 0 Å². The van der Waals surface area contributed by atoms with Crippen LogP contribution in [-0.4, -0.2) is 15.5 Å². The van der Waals surface area contributed by atoms with Gasteiger partial charge in [0, 0.05) is 7.05 Å². The number of rotatable bonds is 4. The van der Waals surface area contributed by atoms with E-state index in [0.29, 0.717) is 11.3 Å². The number of fused-ring (bicyclic) bond motifs is 1. The van der Waals surface area contributed by atoms with Gasteiger partial charge in [0.05, 0.1) is 29.2 Å². The number of nitrogens with zero attached hydrogens (tertiary/aromatic N) is 2. The predicted molar refractivity (Wildman–Crippen MR) is 97.7 cm³/mol. The van der Waals surface area contributed by atoms with Gasteiger partial charge in [-0.25, -0.2) is 4.98 Å². The van der Waals surface area contributed by atoms with Crippen molar-refractivity contribution in [2.24, 2.45) is 12.8 Å². The minimum Gasteiger partial charge on any atom is -0.467 e. The number of halogens is 2. The molecule has 0 bridgehead atoms. The SMILES string of the molecule is CC(NC(=O)c1coc(CN)c1)c1nc2ccccc2n1C.Cl.Cl. The van der Waals surface area contributed by atoms with Crippen LogP contribution in [0.2, 0.25) is 0 Å². The fourth-order valence-corrected chi connectivity index (χ4v) is 2.50. The minimum atomic E-state index is -0.221. The third-order valence-electron chi connectivity index (χ3n) is 3.67. The number of aromatic nitrogens is 2. The number of nitrogens with one attached hydrogen (secondary N) is 1. The summed E-state index contributed by atoms with van der Waals surface area (Å²) in [6.45, 7) is 2.18. The second-order valence-corrected chi connectivity index (χ2v) is 5.22. The van der Waals surface area contributed by atoms with Crippen LogP contribution in [0.3, 0.4) is 0 Å². The molecule has 1 atom stereocenters. The fourth-order valence-electron chi connectivity index (χ4n) is 2.50. The van der Waals surface area contributed by atoms with E-state index >= 15 is 0 Å². The molecule has 0 aliphatic rings. The topological polar surface area (TPSA) is 86.1 Å². The van der Waals surface area contributed by atoms with Crippen LogP contribution in [-0.2, 0) is 13.6 Å². The smallest absolute Gasteiger partial charge is 0.255 e. The molecule has 130 valence electrons. The summed E-state index contributed by atoms with van der Waals surface area (Å²) in [7, 11) is 1.94. The molecule has 1 aromatic carbocycles. The summed E-state index contributed by atoms with van der Waals surface area (Å²) in [6.07, 6.45) is 1.42. The Morgan fingerprint density at radius 2 is 2.08 bits per heavy atom. The average molecular weight is 371 g/mol. The monoisotopic (exact) mass is 370 g/mol. The summed E-state index contributed by atoms with van der Waals surface area (Å²) in [5, 5.41) is 2.93. The summed E-state index contributed by atoms with van der Waals surface area (Å²) in [5.41, 5.74) is 7.89. The van der Waals surface area contributed by atoms with E-state index in [4.69, 9.17) is 10.2 Å². The number of carbonyl (C=O) groups is 1. The highest BCUT2D eigenvalue weighted by Gasteiger charge is 2.18. The molecule has 24 heavy (non-hydrogen) atoms. The average Bonchev–Trinajstić information content (AvgIpc) is 3.12. The third kappa shape index (κ3) is 3.72. The molecule has 8 heteroatoms. The number of aryl methyl sites for hydroxylation is 1. The molecule has 0 saturated heterocycles. The van der Waals surface area contributed by atoms with Crippen molar-refractivity contribution in [2.75, 3.05) is 0 Å². The molecule has 1 amide bonds. The standard InChI is InChI=1S/C16H18N4O2.2ClH/c1-10(18-16(21)11-7-12(8-17)22-9-11)15-19-13-5-3-4-6-14(13)20(15)2;;/h3-7,9-10H,8,17H2,1-2H3,(H,18,21);2*1H. The number of carbonyl (C=O) groups excluding carboxylic acids is 1. The van der Waals surface area contributed by atoms with Crippen LogP contribution < -0.4 is 11.1 Å². The molecule has 2 heterocycles.